The minimum absolute atomic E-state index is 0.0141. The molecule has 0 amide bonds. The molecule has 0 saturated heterocycles. The third-order valence-corrected chi connectivity index (χ3v) is 5.19. The van der Waals surface area contributed by atoms with Crippen LogP contribution in [0.3, 0.4) is 0 Å². The molecule has 0 atom stereocenters. The van der Waals surface area contributed by atoms with Crippen LogP contribution in [0.15, 0.2) is 41.3 Å². The maximum Gasteiger partial charge on any atom is 0.335 e. The zero-order valence-electron chi connectivity index (χ0n) is 13.3. The fourth-order valence-electron chi connectivity index (χ4n) is 2.48. The number of carbonyl (C=O) groups is 1. The predicted molar refractivity (Wildman–Crippen MR) is 89.5 cm³/mol. The van der Waals surface area contributed by atoms with Gasteiger partial charge in [-0.15, -0.1) is 0 Å². The second kappa shape index (κ2) is 6.42. The van der Waals surface area contributed by atoms with E-state index in [-0.39, 0.29) is 10.5 Å². The number of sulfonamides is 1. The van der Waals surface area contributed by atoms with Gasteiger partial charge in [0.1, 0.15) is 0 Å². The largest absolute Gasteiger partial charge is 0.478 e. The molecule has 2 aromatic carbocycles. The van der Waals surface area contributed by atoms with Crippen molar-refractivity contribution in [3.8, 4) is 0 Å². The second-order valence-electron chi connectivity index (χ2n) is 5.35. The van der Waals surface area contributed by atoms with Gasteiger partial charge in [-0.3, -0.25) is 4.72 Å². The third kappa shape index (κ3) is 3.53. The van der Waals surface area contributed by atoms with E-state index in [1.54, 1.807) is 32.0 Å². The number of para-hydroxylation sites is 1. The molecule has 0 fully saturated rings. The average molecular weight is 333 g/mol. The van der Waals surface area contributed by atoms with Crippen LogP contribution in [0.4, 0.5) is 5.69 Å². The summed E-state index contributed by atoms with van der Waals surface area (Å²) >= 11 is 0. The van der Waals surface area contributed by atoms with Crippen LogP contribution in [0, 0.1) is 13.8 Å². The molecule has 0 aromatic heterocycles. The van der Waals surface area contributed by atoms with E-state index in [0.717, 1.165) is 5.56 Å². The fraction of sp³-hybridized carbons (Fsp3) is 0.235. The quantitative estimate of drug-likeness (QED) is 0.879. The number of anilines is 1. The highest BCUT2D eigenvalue weighted by Gasteiger charge is 2.21. The Morgan fingerprint density at radius 1 is 1.13 bits per heavy atom. The lowest BCUT2D eigenvalue weighted by atomic mass is 10.1. The maximum atomic E-state index is 12.7. The van der Waals surface area contributed by atoms with Gasteiger partial charge in [0, 0.05) is 0 Å². The van der Waals surface area contributed by atoms with Crippen molar-refractivity contribution in [2.24, 2.45) is 0 Å². The summed E-state index contributed by atoms with van der Waals surface area (Å²) in [6.07, 6.45) is 0.686. The van der Waals surface area contributed by atoms with Gasteiger partial charge >= 0.3 is 5.97 Å². The number of hydrogen-bond donors (Lipinski definition) is 2. The first kappa shape index (κ1) is 17.0. The molecule has 0 bridgehead atoms. The van der Waals surface area contributed by atoms with Crippen LogP contribution in [0.1, 0.15) is 34.0 Å². The van der Waals surface area contributed by atoms with Crippen LogP contribution in [0.25, 0.3) is 0 Å². The number of nitrogens with one attached hydrogen (secondary N) is 1. The van der Waals surface area contributed by atoms with Gasteiger partial charge in [0.25, 0.3) is 10.0 Å². The van der Waals surface area contributed by atoms with Gasteiger partial charge < -0.3 is 5.11 Å². The minimum Gasteiger partial charge on any atom is -0.478 e. The van der Waals surface area contributed by atoms with Crippen molar-refractivity contribution in [1.82, 2.24) is 0 Å². The number of benzene rings is 2. The maximum absolute atomic E-state index is 12.7. The van der Waals surface area contributed by atoms with Gasteiger partial charge in [-0.25, -0.2) is 13.2 Å². The van der Waals surface area contributed by atoms with E-state index in [4.69, 9.17) is 0 Å². The van der Waals surface area contributed by atoms with Gasteiger partial charge in [0.15, 0.2) is 0 Å². The van der Waals surface area contributed by atoms with Crippen LogP contribution in [-0.4, -0.2) is 19.5 Å². The predicted octanol–water partition coefficient (Wildman–Crippen LogP) is 3.36. The first-order chi connectivity index (χ1) is 10.8. The fourth-order valence-corrected chi connectivity index (χ4v) is 3.83. The first-order valence-corrected chi connectivity index (χ1v) is 8.70. The number of aryl methyl sites for hydroxylation is 3. The lowest BCUT2D eigenvalue weighted by molar-refractivity contribution is 0.0696. The first-order valence-electron chi connectivity index (χ1n) is 7.21. The summed E-state index contributed by atoms with van der Waals surface area (Å²) < 4.78 is 27.9. The summed E-state index contributed by atoms with van der Waals surface area (Å²) in [6.45, 7) is 5.23. The molecule has 2 N–H and O–H groups in total. The molecule has 0 unspecified atom stereocenters. The normalized spacial score (nSPS) is 11.3. The molecular formula is C17H19NO4S. The van der Waals surface area contributed by atoms with E-state index in [2.05, 4.69) is 4.72 Å². The van der Waals surface area contributed by atoms with E-state index < -0.39 is 16.0 Å². The van der Waals surface area contributed by atoms with Gasteiger partial charge in [-0.05, 0) is 49.1 Å². The van der Waals surface area contributed by atoms with Gasteiger partial charge in [-0.2, -0.15) is 0 Å². The standard InChI is InChI=1S/C17H19NO4S/c1-4-13-7-5-6-8-15(13)18-23(21,22)16-10-14(17(19)20)11(2)9-12(16)3/h5-10,18H,4H2,1-3H3,(H,19,20). The molecule has 5 nitrogen and oxygen atoms in total. The SMILES string of the molecule is CCc1ccccc1NS(=O)(=O)c1cc(C(=O)O)c(C)cc1C. The Labute approximate surface area is 136 Å². The Kier molecular flexibility index (Phi) is 4.75. The molecule has 0 heterocycles. The highest BCUT2D eigenvalue weighted by atomic mass is 32.2. The van der Waals surface area contributed by atoms with Crippen molar-refractivity contribution in [3.05, 3.63) is 58.7 Å². The van der Waals surface area contributed by atoms with Crippen molar-refractivity contribution < 1.29 is 18.3 Å². The van der Waals surface area contributed by atoms with Crippen LogP contribution < -0.4 is 4.72 Å². The van der Waals surface area contributed by atoms with E-state index in [9.17, 15) is 18.3 Å². The van der Waals surface area contributed by atoms with Crippen molar-refractivity contribution >= 4 is 21.7 Å². The Hall–Kier alpha value is -2.34. The lowest BCUT2D eigenvalue weighted by Crippen LogP contribution is -2.16. The number of rotatable bonds is 5. The molecule has 0 aliphatic rings. The van der Waals surface area contributed by atoms with E-state index in [1.807, 2.05) is 19.1 Å². The lowest BCUT2D eigenvalue weighted by Gasteiger charge is -2.14. The highest BCUT2D eigenvalue weighted by Crippen LogP contribution is 2.25. The molecule has 23 heavy (non-hydrogen) atoms. The molecule has 122 valence electrons. The van der Waals surface area contributed by atoms with Crippen LogP contribution in [-0.2, 0) is 16.4 Å². The smallest absolute Gasteiger partial charge is 0.335 e. The van der Waals surface area contributed by atoms with Gasteiger partial charge in [0.2, 0.25) is 0 Å². The van der Waals surface area contributed by atoms with Crippen LogP contribution in [0.2, 0.25) is 0 Å². The van der Waals surface area contributed by atoms with Crippen molar-refractivity contribution in [2.75, 3.05) is 4.72 Å². The molecule has 0 spiro atoms. The Morgan fingerprint density at radius 2 is 1.78 bits per heavy atom. The summed E-state index contributed by atoms with van der Waals surface area (Å²) in [6, 6.07) is 9.92. The molecule has 6 heteroatoms. The van der Waals surface area contributed by atoms with Crippen molar-refractivity contribution in [3.63, 3.8) is 0 Å². The molecule has 0 saturated carbocycles. The Bertz CT molecular complexity index is 857. The van der Waals surface area contributed by atoms with Gasteiger partial charge in [-0.1, -0.05) is 31.2 Å². The number of hydrogen-bond acceptors (Lipinski definition) is 3. The van der Waals surface area contributed by atoms with E-state index in [0.29, 0.717) is 23.2 Å². The summed E-state index contributed by atoms with van der Waals surface area (Å²) in [4.78, 5) is 11.2. The van der Waals surface area contributed by atoms with Crippen LogP contribution >= 0.6 is 0 Å². The third-order valence-electron chi connectivity index (χ3n) is 3.68. The molecule has 0 aliphatic carbocycles. The number of aromatic carboxylic acids is 1. The number of carboxylic acid groups (broad SMARTS) is 1. The zero-order valence-corrected chi connectivity index (χ0v) is 14.1. The molecule has 2 rings (SSSR count). The summed E-state index contributed by atoms with van der Waals surface area (Å²) in [5, 5.41) is 9.20. The van der Waals surface area contributed by atoms with Gasteiger partial charge in [0.05, 0.1) is 16.1 Å². The second-order valence-corrected chi connectivity index (χ2v) is 7.00. The molecular weight excluding hydrogens is 314 g/mol. The van der Waals surface area contributed by atoms with Crippen LogP contribution in [0.5, 0.6) is 0 Å². The Balaban J connectivity index is 2.52. The highest BCUT2D eigenvalue weighted by molar-refractivity contribution is 7.92. The van der Waals surface area contributed by atoms with E-state index >= 15 is 0 Å². The average Bonchev–Trinajstić information content (AvgIpc) is 2.46. The van der Waals surface area contributed by atoms with E-state index in [1.165, 1.54) is 6.07 Å². The summed E-state index contributed by atoms with van der Waals surface area (Å²) in [5.74, 6) is -1.15. The molecule has 0 aliphatic heterocycles. The minimum atomic E-state index is -3.86. The van der Waals surface area contributed by atoms with Crippen molar-refractivity contribution in [2.45, 2.75) is 32.1 Å². The summed E-state index contributed by atoms with van der Waals surface area (Å²) in [5.41, 5.74) is 2.41. The molecule has 2 aromatic rings. The summed E-state index contributed by atoms with van der Waals surface area (Å²) in [7, 11) is -3.86. The molecule has 0 radical (unpaired) electrons. The monoisotopic (exact) mass is 333 g/mol. The Morgan fingerprint density at radius 3 is 2.39 bits per heavy atom. The van der Waals surface area contributed by atoms with Crippen molar-refractivity contribution in [1.29, 1.82) is 0 Å². The zero-order chi connectivity index (χ0) is 17.2. The number of carboxylic acids is 1. The topological polar surface area (TPSA) is 83.5 Å².